The molecule has 0 spiro atoms. The van der Waals surface area contributed by atoms with Gasteiger partial charge in [-0.1, -0.05) is 13.3 Å². The molecule has 0 aliphatic heterocycles. The number of hydrogen-bond donors (Lipinski definition) is 1. The molecule has 1 fully saturated rings. The molecule has 6 heteroatoms. The molecular formula is C15H22N2O3S. The van der Waals surface area contributed by atoms with Gasteiger partial charge in [-0.3, -0.25) is 9.36 Å². The van der Waals surface area contributed by atoms with Gasteiger partial charge < -0.3 is 5.11 Å². The van der Waals surface area contributed by atoms with Crippen LogP contribution in [-0.2, 0) is 11.2 Å². The second kappa shape index (κ2) is 6.64. The lowest BCUT2D eigenvalue weighted by Gasteiger charge is -2.24. The van der Waals surface area contributed by atoms with Crippen LogP contribution in [0.25, 0.3) is 0 Å². The second-order valence-electron chi connectivity index (χ2n) is 5.48. The van der Waals surface area contributed by atoms with Crippen LogP contribution in [0.3, 0.4) is 0 Å². The molecule has 2 unspecified atom stereocenters. The summed E-state index contributed by atoms with van der Waals surface area (Å²) in [5.41, 5.74) is 1.74. The highest BCUT2D eigenvalue weighted by atomic mass is 32.2. The van der Waals surface area contributed by atoms with E-state index in [0.717, 1.165) is 30.7 Å². The molecule has 1 N–H and O–H groups in total. The van der Waals surface area contributed by atoms with Crippen molar-refractivity contribution < 1.29 is 9.90 Å². The van der Waals surface area contributed by atoms with Gasteiger partial charge in [0.1, 0.15) is 0 Å². The largest absolute Gasteiger partial charge is 0.481 e. The van der Waals surface area contributed by atoms with Crippen LogP contribution in [0.15, 0.2) is 4.79 Å². The molecule has 2 atom stereocenters. The standard InChI is InChI=1S/C15H22N2O3S/c1-4-21-13-7-5-6-12(13)17-10(3)11(8-14(18)19)9(2)16-15(17)20/h12-13H,4-8H2,1-3H3,(H,18,19). The fourth-order valence-corrected chi connectivity index (χ4v) is 4.46. The molecule has 0 bridgehead atoms. The summed E-state index contributed by atoms with van der Waals surface area (Å²) >= 11 is 1.88. The number of aliphatic carboxylic acids is 1. The van der Waals surface area contributed by atoms with E-state index in [1.54, 1.807) is 11.5 Å². The van der Waals surface area contributed by atoms with Crippen LogP contribution in [0.5, 0.6) is 0 Å². The molecule has 116 valence electrons. The summed E-state index contributed by atoms with van der Waals surface area (Å²) in [7, 11) is 0. The summed E-state index contributed by atoms with van der Waals surface area (Å²) < 4.78 is 1.74. The molecular weight excluding hydrogens is 288 g/mol. The Morgan fingerprint density at radius 3 is 2.76 bits per heavy atom. The van der Waals surface area contributed by atoms with Crippen molar-refractivity contribution in [1.82, 2.24) is 9.55 Å². The lowest BCUT2D eigenvalue weighted by atomic mass is 10.1. The predicted molar refractivity (Wildman–Crippen MR) is 84.1 cm³/mol. The Hall–Kier alpha value is -1.30. The van der Waals surface area contributed by atoms with Crippen molar-refractivity contribution in [1.29, 1.82) is 0 Å². The summed E-state index contributed by atoms with van der Waals surface area (Å²) in [5, 5.41) is 9.48. The number of aryl methyl sites for hydroxylation is 1. The smallest absolute Gasteiger partial charge is 0.348 e. The van der Waals surface area contributed by atoms with Gasteiger partial charge in [0.05, 0.1) is 12.5 Å². The number of nitrogens with zero attached hydrogens (tertiary/aromatic N) is 2. The summed E-state index contributed by atoms with van der Waals surface area (Å²) in [6.45, 7) is 5.68. The van der Waals surface area contributed by atoms with Crippen molar-refractivity contribution in [3.8, 4) is 0 Å². The number of thioether (sulfide) groups is 1. The number of carboxylic acid groups (broad SMARTS) is 1. The third-order valence-corrected chi connectivity index (χ3v) is 5.47. The van der Waals surface area contributed by atoms with E-state index in [9.17, 15) is 9.59 Å². The van der Waals surface area contributed by atoms with Gasteiger partial charge in [0, 0.05) is 22.2 Å². The SMILES string of the molecule is CCSC1CCCC1n1c(C)c(CC(=O)O)c(C)nc1=O. The maximum absolute atomic E-state index is 12.3. The van der Waals surface area contributed by atoms with Crippen molar-refractivity contribution in [2.45, 2.75) is 57.7 Å². The monoisotopic (exact) mass is 310 g/mol. The number of aromatic nitrogens is 2. The maximum Gasteiger partial charge on any atom is 0.348 e. The third-order valence-electron chi connectivity index (χ3n) is 4.16. The van der Waals surface area contributed by atoms with E-state index in [2.05, 4.69) is 11.9 Å². The fourth-order valence-electron chi connectivity index (χ4n) is 3.22. The zero-order valence-corrected chi connectivity index (χ0v) is 13.6. The Bertz CT molecular complexity index is 597. The van der Waals surface area contributed by atoms with E-state index in [1.165, 1.54) is 0 Å². The summed E-state index contributed by atoms with van der Waals surface area (Å²) in [5.74, 6) is 0.134. The summed E-state index contributed by atoms with van der Waals surface area (Å²) in [6.07, 6.45) is 3.10. The minimum Gasteiger partial charge on any atom is -0.481 e. The molecule has 0 saturated heterocycles. The topological polar surface area (TPSA) is 72.2 Å². The molecule has 1 aromatic heterocycles. The van der Waals surface area contributed by atoms with Crippen LogP contribution in [0.4, 0.5) is 0 Å². The highest BCUT2D eigenvalue weighted by molar-refractivity contribution is 7.99. The van der Waals surface area contributed by atoms with Crippen LogP contribution in [0.2, 0.25) is 0 Å². The first-order valence-corrected chi connectivity index (χ1v) is 8.42. The van der Waals surface area contributed by atoms with Crippen LogP contribution in [-0.4, -0.2) is 31.6 Å². The Morgan fingerprint density at radius 2 is 2.14 bits per heavy atom. The molecule has 5 nitrogen and oxygen atoms in total. The van der Waals surface area contributed by atoms with Crippen molar-refractivity contribution in [2.75, 3.05) is 5.75 Å². The number of carboxylic acids is 1. The predicted octanol–water partition coefficient (Wildman–Crippen LogP) is 2.33. The Labute approximate surface area is 128 Å². The lowest BCUT2D eigenvalue weighted by molar-refractivity contribution is -0.136. The minimum atomic E-state index is -0.890. The summed E-state index contributed by atoms with van der Waals surface area (Å²) in [6, 6.07) is 0.142. The van der Waals surface area contributed by atoms with Crippen molar-refractivity contribution in [3.63, 3.8) is 0 Å². The molecule has 1 saturated carbocycles. The van der Waals surface area contributed by atoms with E-state index < -0.39 is 5.97 Å². The van der Waals surface area contributed by atoms with E-state index in [1.807, 2.05) is 18.7 Å². The number of carbonyl (C=O) groups is 1. The normalized spacial score (nSPS) is 21.7. The van der Waals surface area contributed by atoms with Gasteiger partial charge in [-0.05, 0) is 32.4 Å². The molecule has 2 rings (SSSR count). The first-order valence-electron chi connectivity index (χ1n) is 7.37. The van der Waals surface area contributed by atoms with Gasteiger partial charge in [-0.2, -0.15) is 16.7 Å². The van der Waals surface area contributed by atoms with Gasteiger partial charge >= 0.3 is 11.7 Å². The molecule has 1 heterocycles. The minimum absolute atomic E-state index is 0.0801. The number of rotatable bonds is 5. The molecule has 0 aromatic carbocycles. The maximum atomic E-state index is 12.3. The number of hydrogen-bond acceptors (Lipinski definition) is 4. The Morgan fingerprint density at radius 1 is 1.43 bits per heavy atom. The Kier molecular flexibility index (Phi) is 5.08. The van der Waals surface area contributed by atoms with E-state index in [0.29, 0.717) is 16.5 Å². The molecule has 0 amide bonds. The quantitative estimate of drug-likeness (QED) is 0.903. The highest BCUT2D eigenvalue weighted by Gasteiger charge is 2.31. The van der Waals surface area contributed by atoms with Crippen LogP contribution < -0.4 is 5.69 Å². The first-order chi connectivity index (χ1) is 9.95. The van der Waals surface area contributed by atoms with Crippen LogP contribution in [0.1, 0.15) is 49.2 Å². The molecule has 1 aromatic rings. The van der Waals surface area contributed by atoms with Crippen LogP contribution in [0, 0.1) is 13.8 Å². The Balaban J connectivity index is 2.48. The van der Waals surface area contributed by atoms with Gasteiger partial charge in [0.15, 0.2) is 0 Å². The van der Waals surface area contributed by atoms with E-state index in [-0.39, 0.29) is 18.2 Å². The zero-order chi connectivity index (χ0) is 15.6. The third kappa shape index (κ3) is 3.31. The fraction of sp³-hybridized carbons (Fsp3) is 0.667. The zero-order valence-electron chi connectivity index (χ0n) is 12.8. The molecule has 0 radical (unpaired) electrons. The van der Waals surface area contributed by atoms with Gasteiger partial charge in [-0.25, -0.2) is 4.79 Å². The van der Waals surface area contributed by atoms with E-state index >= 15 is 0 Å². The first kappa shape index (κ1) is 16.1. The molecule has 1 aliphatic rings. The van der Waals surface area contributed by atoms with Gasteiger partial charge in [0.25, 0.3) is 0 Å². The average Bonchev–Trinajstić information content (AvgIpc) is 2.83. The van der Waals surface area contributed by atoms with Gasteiger partial charge in [-0.15, -0.1) is 0 Å². The van der Waals surface area contributed by atoms with Crippen LogP contribution >= 0.6 is 11.8 Å². The highest BCUT2D eigenvalue weighted by Crippen LogP contribution is 2.38. The van der Waals surface area contributed by atoms with E-state index in [4.69, 9.17) is 5.11 Å². The average molecular weight is 310 g/mol. The summed E-state index contributed by atoms with van der Waals surface area (Å²) in [4.78, 5) is 27.4. The van der Waals surface area contributed by atoms with Crippen molar-refractivity contribution in [3.05, 3.63) is 27.4 Å². The van der Waals surface area contributed by atoms with Crippen molar-refractivity contribution >= 4 is 17.7 Å². The molecule has 21 heavy (non-hydrogen) atoms. The molecule has 1 aliphatic carbocycles. The van der Waals surface area contributed by atoms with Gasteiger partial charge in [0.2, 0.25) is 0 Å². The lowest BCUT2D eigenvalue weighted by Crippen LogP contribution is -2.34. The van der Waals surface area contributed by atoms with Crippen molar-refractivity contribution in [2.24, 2.45) is 0 Å². The second-order valence-corrected chi connectivity index (χ2v) is 6.99.